The van der Waals surface area contributed by atoms with E-state index in [1.807, 2.05) is 0 Å². The third-order valence-corrected chi connectivity index (χ3v) is 6.98. The molecule has 3 rings (SSSR count). The summed E-state index contributed by atoms with van der Waals surface area (Å²) in [4.78, 5) is 11.2. The van der Waals surface area contributed by atoms with Crippen molar-refractivity contribution < 1.29 is 27.8 Å². The third-order valence-electron chi connectivity index (χ3n) is 3.54. The number of sulfonamides is 1. The van der Waals surface area contributed by atoms with Gasteiger partial charge in [0.25, 0.3) is 10.0 Å². The standard InChI is InChI=1S/C13H12FNO5S2/c14-8-1-2-11-7(3-8)4-12(21-11)22(19,20)15-6-9(16)5-10(15)13(17)18/h1-4,9-10,16H,5-6H2,(H,17,18)/t9-,10+/m0/s1. The van der Waals surface area contributed by atoms with E-state index in [2.05, 4.69) is 0 Å². The van der Waals surface area contributed by atoms with Crippen LogP contribution in [0.1, 0.15) is 6.42 Å². The molecule has 0 aliphatic carbocycles. The lowest BCUT2D eigenvalue weighted by molar-refractivity contribution is -0.140. The van der Waals surface area contributed by atoms with Crippen molar-refractivity contribution in [3.8, 4) is 0 Å². The van der Waals surface area contributed by atoms with E-state index in [1.54, 1.807) is 0 Å². The fourth-order valence-corrected chi connectivity index (χ4v) is 5.65. The maximum Gasteiger partial charge on any atom is 0.322 e. The summed E-state index contributed by atoms with van der Waals surface area (Å²) in [7, 11) is -4.05. The zero-order chi connectivity index (χ0) is 16.1. The molecule has 2 N–H and O–H groups in total. The Hall–Kier alpha value is -1.55. The van der Waals surface area contributed by atoms with Crippen LogP contribution in [0.2, 0.25) is 0 Å². The summed E-state index contributed by atoms with van der Waals surface area (Å²) >= 11 is 0.944. The van der Waals surface area contributed by atoms with Crippen molar-refractivity contribution in [2.75, 3.05) is 6.54 Å². The number of carbonyl (C=O) groups is 1. The van der Waals surface area contributed by atoms with Gasteiger partial charge in [0.15, 0.2) is 0 Å². The zero-order valence-corrected chi connectivity index (χ0v) is 12.8. The van der Waals surface area contributed by atoms with E-state index in [0.29, 0.717) is 10.1 Å². The number of aliphatic hydroxyl groups excluding tert-OH is 1. The summed E-state index contributed by atoms with van der Waals surface area (Å²) in [5, 5.41) is 19.2. The molecule has 0 unspecified atom stereocenters. The molecule has 0 amide bonds. The zero-order valence-electron chi connectivity index (χ0n) is 11.1. The van der Waals surface area contributed by atoms with Crippen molar-refractivity contribution in [1.82, 2.24) is 4.31 Å². The number of aliphatic carboxylic acids is 1. The van der Waals surface area contributed by atoms with Crippen molar-refractivity contribution in [1.29, 1.82) is 0 Å². The highest BCUT2D eigenvalue weighted by molar-refractivity contribution is 7.91. The molecule has 0 radical (unpaired) electrons. The molecule has 2 atom stereocenters. The van der Waals surface area contributed by atoms with E-state index in [0.717, 1.165) is 15.6 Å². The quantitative estimate of drug-likeness (QED) is 0.873. The smallest absolute Gasteiger partial charge is 0.322 e. The number of hydrogen-bond donors (Lipinski definition) is 2. The minimum atomic E-state index is -4.05. The Morgan fingerprint density at radius 2 is 2.09 bits per heavy atom. The Morgan fingerprint density at radius 1 is 1.36 bits per heavy atom. The van der Waals surface area contributed by atoms with Gasteiger partial charge in [-0.3, -0.25) is 4.79 Å². The van der Waals surface area contributed by atoms with Crippen LogP contribution in [-0.4, -0.2) is 47.6 Å². The van der Waals surface area contributed by atoms with Crippen LogP contribution < -0.4 is 0 Å². The number of nitrogens with zero attached hydrogens (tertiary/aromatic N) is 1. The first-order valence-corrected chi connectivity index (χ1v) is 8.66. The second-order valence-electron chi connectivity index (χ2n) is 5.07. The van der Waals surface area contributed by atoms with Gasteiger partial charge in [-0.25, -0.2) is 12.8 Å². The number of carboxylic acids is 1. The van der Waals surface area contributed by atoms with Crippen molar-refractivity contribution in [3.05, 3.63) is 30.1 Å². The van der Waals surface area contributed by atoms with Gasteiger partial charge < -0.3 is 10.2 Å². The summed E-state index contributed by atoms with van der Waals surface area (Å²) in [6.45, 7) is -0.262. The summed E-state index contributed by atoms with van der Waals surface area (Å²) in [6, 6.07) is 3.96. The normalized spacial score (nSPS) is 23.2. The van der Waals surface area contributed by atoms with Crippen LogP contribution in [-0.2, 0) is 14.8 Å². The molecule has 1 saturated heterocycles. The SMILES string of the molecule is O=C(O)[C@H]1C[C@H](O)CN1S(=O)(=O)c1cc2cc(F)ccc2s1. The second kappa shape index (κ2) is 5.27. The fraction of sp³-hybridized carbons (Fsp3) is 0.308. The first kappa shape index (κ1) is 15.3. The van der Waals surface area contributed by atoms with E-state index < -0.39 is 34.0 Å². The van der Waals surface area contributed by atoms with E-state index in [4.69, 9.17) is 5.11 Å². The molecule has 1 aromatic heterocycles. The number of benzene rings is 1. The van der Waals surface area contributed by atoms with Crippen LogP contribution in [0.15, 0.2) is 28.5 Å². The van der Waals surface area contributed by atoms with Gasteiger partial charge in [0.05, 0.1) is 6.10 Å². The Morgan fingerprint density at radius 3 is 2.77 bits per heavy atom. The van der Waals surface area contributed by atoms with E-state index >= 15 is 0 Å². The highest BCUT2D eigenvalue weighted by Gasteiger charge is 2.44. The molecule has 2 aromatic rings. The largest absolute Gasteiger partial charge is 0.480 e. The van der Waals surface area contributed by atoms with Gasteiger partial charge >= 0.3 is 5.97 Å². The van der Waals surface area contributed by atoms with Crippen LogP contribution in [0, 0.1) is 5.82 Å². The lowest BCUT2D eigenvalue weighted by Crippen LogP contribution is -2.40. The van der Waals surface area contributed by atoms with Crippen molar-refractivity contribution in [3.63, 3.8) is 0 Å². The Kier molecular flexibility index (Phi) is 3.68. The maximum absolute atomic E-state index is 13.2. The maximum atomic E-state index is 13.2. The number of thiophene rings is 1. The van der Waals surface area contributed by atoms with Crippen LogP contribution in [0.3, 0.4) is 0 Å². The summed E-state index contributed by atoms with van der Waals surface area (Å²) in [5.74, 6) is -1.78. The fourth-order valence-electron chi connectivity index (χ4n) is 2.51. The molecule has 0 saturated carbocycles. The number of hydrogen-bond acceptors (Lipinski definition) is 5. The minimum absolute atomic E-state index is 0.0616. The first-order valence-electron chi connectivity index (χ1n) is 6.41. The Balaban J connectivity index is 2.05. The first-order chi connectivity index (χ1) is 10.3. The Labute approximate surface area is 129 Å². The minimum Gasteiger partial charge on any atom is -0.480 e. The number of fused-ring (bicyclic) bond motifs is 1. The average molecular weight is 345 g/mol. The van der Waals surface area contributed by atoms with Gasteiger partial charge in [-0.05, 0) is 29.7 Å². The molecule has 1 aliphatic rings. The summed E-state index contributed by atoms with van der Waals surface area (Å²) in [6.07, 6.45) is -1.16. The van der Waals surface area contributed by atoms with Gasteiger partial charge in [0.2, 0.25) is 0 Å². The molecule has 118 valence electrons. The second-order valence-corrected chi connectivity index (χ2v) is 8.27. The van der Waals surface area contributed by atoms with E-state index in [1.165, 1.54) is 24.3 Å². The van der Waals surface area contributed by atoms with Gasteiger partial charge in [-0.15, -0.1) is 11.3 Å². The van der Waals surface area contributed by atoms with E-state index in [9.17, 15) is 22.7 Å². The van der Waals surface area contributed by atoms with Gasteiger partial charge in [0.1, 0.15) is 16.1 Å². The lowest BCUT2D eigenvalue weighted by atomic mass is 10.2. The van der Waals surface area contributed by atoms with Crippen LogP contribution in [0.4, 0.5) is 4.39 Å². The molecule has 22 heavy (non-hydrogen) atoms. The number of carboxylic acid groups (broad SMARTS) is 1. The van der Waals surface area contributed by atoms with Gasteiger partial charge in [-0.1, -0.05) is 0 Å². The van der Waals surface area contributed by atoms with E-state index in [-0.39, 0.29) is 17.2 Å². The van der Waals surface area contributed by atoms with Gasteiger partial charge in [-0.2, -0.15) is 4.31 Å². The molecule has 6 nitrogen and oxygen atoms in total. The average Bonchev–Trinajstić information content (AvgIpc) is 3.02. The highest BCUT2D eigenvalue weighted by atomic mass is 32.2. The molecule has 9 heteroatoms. The molecular formula is C13H12FNO5S2. The predicted molar refractivity (Wildman–Crippen MR) is 77.7 cm³/mol. The molecule has 2 heterocycles. The molecule has 1 aliphatic heterocycles. The molecule has 1 aromatic carbocycles. The monoisotopic (exact) mass is 345 g/mol. The predicted octanol–water partition coefficient (Wildman–Crippen LogP) is 1.25. The number of rotatable bonds is 3. The van der Waals surface area contributed by atoms with Crippen molar-refractivity contribution in [2.45, 2.75) is 22.8 Å². The Bertz CT molecular complexity index is 847. The topological polar surface area (TPSA) is 94.9 Å². The molecule has 0 spiro atoms. The van der Waals surface area contributed by atoms with Crippen molar-refractivity contribution in [2.24, 2.45) is 0 Å². The summed E-state index contributed by atoms with van der Waals surface area (Å²) < 4.78 is 39.8. The van der Waals surface area contributed by atoms with Crippen LogP contribution in [0.25, 0.3) is 10.1 Å². The summed E-state index contributed by atoms with van der Waals surface area (Å²) in [5.41, 5.74) is 0. The van der Waals surface area contributed by atoms with Crippen LogP contribution in [0.5, 0.6) is 0 Å². The van der Waals surface area contributed by atoms with Gasteiger partial charge in [0, 0.05) is 17.7 Å². The molecular weight excluding hydrogens is 333 g/mol. The third kappa shape index (κ3) is 2.50. The molecule has 1 fully saturated rings. The number of aliphatic hydroxyl groups is 1. The van der Waals surface area contributed by atoms with Crippen LogP contribution >= 0.6 is 11.3 Å². The highest BCUT2D eigenvalue weighted by Crippen LogP contribution is 2.34. The lowest BCUT2D eigenvalue weighted by Gasteiger charge is -2.19. The van der Waals surface area contributed by atoms with Crippen molar-refractivity contribution >= 4 is 37.4 Å². The number of β-amino-alcohol motifs (C(OH)–C–C–N with tert-alkyl or cyclic N) is 1. The number of halogens is 1. The molecule has 0 bridgehead atoms.